The Morgan fingerprint density at radius 3 is 2.39 bits per heavy atom. The van der Waals surface area contributed by atoms with Crippen LogP contribution < -0.4 is 15.6 Å². The number of hydrazine groups is 1. The predicted octanol–water partition coefficient (Wildman–Crippen LogP) is 4.80. The molecule has 0 aliphatic heterocycles. The van der Waals surface area contributed by atoms with Gasteiger partial charge in [0, 0.05) is 29.3 Å². The maximum atomic E-state index is 12.3. The van der Waals surface area contributed by atoms with Gasteiger partial charge in [-0.15, -0.1) is 0 Å². The summed E-state index contributed by atoms with van der Waals surface area (Å²) in [6.45, 7) is 0.402. The van der Waals surface area contributed by atoms with E-state index in [2.05, 4.69) is 23.0 Å². The molecule has 5 nitrogen and oxygen atoms in total. The minimum atomic E-state index is -0.249. The summed E-state index contributed by atoms with van der Waals surface area (Å²) in [6.07, 6.45) is 3.68. The summed E-state index contributed by atoms with van der Waals surface area (Å²) < 4.78 is 6.06. The van der Waals surface area contributed by atoms with Crippen molar-refractivity contribution < 1.29 is 14.3 Å². The molecule has 1 aliphatic rings. The van der Waals surface area contributed by atoms with Gasteiger partial charge >= 0.3 is 0 Å². The van der Waals surface area contributed by atoms with Gasteiger partial charge in [0.2, 0.25) is 0 Å². The van der Waals surface area contributed by atoms with Gasteiger partial charge in [-0.2, -0.15) is 0 Å². The van der Waals surface area contributed by atoms with Crippen LogP contribution in [0, 0.1) is 0 Å². The SMILES string of the molecule is O=C1C=C(NNC(=O)c2ccc(COc3ccccc3-c3ccccc3)cc2)CCC1. The lowest BCUT2D eigenvalue weighted by Gasteiger charge is -2.15. The second-order valence-electron chi connectivity index (χ2n) is 7.42. The zero-order valence-electron chi connectivity index (χ0n) is 17.1. The molecule has 0 spiro atoms. The van der Waals surface area contributed by atoms with Crippen LogP contribution in [0.3, 0.4) is 0 Å². The fourth-order valence-corrected chi connectivity index (χ4v) is 3.46. The van der Waals surface area contributed by atoms with Crippen molar-refractivity contribution in [2.75, 3.05) is 0 Å². The molecular weight excluding hydrogens is 388 g/mol. The molecule has 0 saturated heterocycles. The Labute approximate surface area is 181 Å². The van der Waals surface area contributed by atoms with Crippen LogP contribution in [0.25, 0.3) is 11.1 Å². The highest BCUT2D eigenvalue weighted by molar-refractivity contribution is 5.94. The highest BCUT2D eigenvalue weighted by Crippen LogP contribution is 2.30. The molecule has 0 bridgehead atoms. The number of para-hydroxylation sites is 1. The number of ketones is 1. The second kappa shape index (κ2) is 9.76. The fourth-order valence-electron chi connectivity index (χ4n) is 3.46. The Kier molecular flexibility index (Phi) is 6.43. The van der Waals surface area contributed by atoms with Crippen molar-refractivity contribution in [3.05, 3.63) is 102 Å². The summed E-state index contributed by atoms with van der Waals surface area (Å²) >= 11 is 0. The smallest absolute Gasteiger partial charge is 0.269 e. The number of rotatable bonds is 7. The van der Waals surface area contributed by atoms with Gasteiger partial charge in [-0.25, -0.2) is 0 Å². The van der Waals surface area contributed by atoms with Crippen LogP contribution >= 0.6 is 0 Å². The van der Waals surface area contributed by atoms with Crippen LogP contribution in [0.2, 0.25) is 0 Å². The van der Waals surface area contributed by atoms with Crippen molar-refractivity contribution in [3.63, 3.8) is 0 Å². The molecule has 156 valence electrons. The molecule has 5 heteroatoms. The number of nitrogens with one attached hydrogen (secondary N) is 2. The van der Waals surface area contributed by atoms with Crippen molar-refractivity contribution in [1.82, 2.24) is 10.9 Å². The molecular formula is C26H24N2O3. The molecule has 0 unspecified atom stereocenters. The summed E-state index contributed by atoms with van der Waals surface area (Å²) in [5.41, 5.74) is 9.89. The molecule has 3 aromatic carbocycles. The molecule has 3 aromatic rings. The van der Waals surface area contributed by atoms with E-state index in [9.17, 15) is 9.59 Å². The van der Waals surface area contributed by atoms with Gasteiger partial charge in [0.15, 0.2) is 5.78 Å². The van der Waals surface area contributed by atoms with Gasteiger partial charge in [0.25, 0.3) is 5.91 Å². The topological polar surface area (TPSA) is 67.4 Å². The predicted molar refractivity (Wildman–Crippen MR) is 120 cm³/mol. The van der Waals surface area contributed by atoms with E-state index in [1.54, 1.807) is 18.2 Å². The number of amides is 1. The minimum Gasteiger partial charge on any atom is -0.488 e. The minimum absolute atomic E-state index is 0.0844. The monoisotopic (exact) mass is 412 g/mol. The first kappa shape index (κ1) is 20.4. The Morgan fingerprint density at radius 2 is 1.61 bits per heavy atom. The quantitative estimate of drug-likeness (QED) is 0.547. The third-order valence-corrected chi connectivity index (χ3v) is 5.12. The Hall–Kier alpha value is -3.86. The lowest BCUT2D eigenvalue weighted by atomic mass is 10.0. The Bertz CT molecular complexity index is 1090. The normalized spacial score (nSPS) is 13.3. The van der Waals surface area contributed by atoms with Crippen molar-refractivity contribution in [3.8, 4) is 16.9 Å². The van der Waals surface area contributed by atoms with Crippen molar-refractivity contribution in [2.45, 2.75) is 25.9 Å². The molecule has 1 aliphatic carbocycles. The van der Waals surface area contributed by atoms with Gasteiger partial charge in [-0.3, -0.25) is 15.0 Å². The molecule has 2 N–H and O–H groups in total. The zero-order chi connectivity index (χ0) is 21.5. The first-order chi connectivity index (χ1) is 15.2. The number of hydrogen-bond donors (Lipinski definition) is 2. The van der Waals surface area contributed by atoms with Crippen molar-refractivity contribution in [2.24, 2.45) is 0 Å². The summed E-state index contributed by atoms with van der Waals surface area (Å²) in [4.78, 5) is 23.8. The van der Waals surface area contributed by atoms with E-state index < -0.39 is 0 Å². The number of benzene rings is 3. The molecule has 1 amide bonds. The van der Waals surface area contributed by atoms with E-state index in [1.165, 1.54) is 0 Å². The van der Waals surface area contributed by atoms with E-state index in [1.807, 2.05) is 54.6 Å². The zero-order valence-corrected chi connectivity index (χ0v) is 17.1. The van der Waals surface area contributed by atoms with Crippen molar-refractivity contribution in [1.29, 1.82) is 0 Å². The number of carbonyl (C=O) groups is 2. The van der Waals surface area contributed by atoms with E-state index in [-0.39, 0.29) is 11.7 Å². The van der Waals surface area contributed by atoms with Gasteiger partial charge in [-0.05, 0) is 42.2 Å². The fraction of sp³-hybridized carbons (Fsp3) is 0.154. The van der Waals surface area contributed by atoms with Crippen LogP contribution in [-0.4, -0.2) is 11.7 Å². The Morgan fingerprint density at radius 1 is 0.871 bits per heavy atom. The van der Waals surface area contributed by atoms with Crippen LogP contribution in [0.15, 0.2) is 90.6 Å². The molecule has 0 fully saturated rings. The lowest BCUT2D eigenvalue weighted by Crippen LogP contribution is -2.37. The second-order valence-corrected chi connectivity index (χ2v) is 7.42. The van der Waals surface area contributed by atoms with Crippen LogP contribution in [0.4, 0.5) is 0 Å². The van der Waals surface area contributed by atoms with Gasteiger partial charge in [0.05, 0.1) is 0 Å². The number of ether oxygens (including phenoxy) is 1. The molecule has 0 saturated carbocycles. The third-order valence-electron chi connectivity index (χ3n) is 5.12. The average molecular weight is 412 g/mol. The summed E-state index contributed by atoms with van der Waals surface area (Å²) in [6, 6.07) is 25.4. The first-order valence-corrected chi connectivity index (χ1v) is 10.3. The molecule has 0 aromatic heterocycles. The van der Waals surface area contributed by atoms with E-state index >= 15 is 0 Å². The van der Waals surface area contributed by atoms with Gasteiger partial charge < -0.3 is 10.2 Å². The van der Waals surface area contributed by atoms with Crippen molar-refractivity contribution >= 4 is 11.7 Å². The molecule has 0 radical (unpaired) electrons. The van der Waals surface area contributed by atoms with E-state index in [0.717, 1.165) is 41.0 Å². The number of allylic oxidation sites excluding steroid dienone is 2. The van der Waals surface area contributed by atoms with E-state index in [4.69, 9.17) is 4.74 Å². The summed E-state index contributed by atoms with van der Waals surface area (Å²) in [5.74, 6) is 0.650. The van der Waals surface area contributed by atoms with E-state index in [0.29, 0.717) is 18.6 Å². The van der Waals surface area contributed by atoms with Gasteiger partial charge in [-0.1, -0.05) is 60.7 Å². The lowest BCUT2D eigenvalue weighted by molar-refractivity contribution is -0.115. The maximum Gasteiger partial charge on any atom is 0.269 e. The maximum absolute atomic E-state index is 12.3. The molecule has 0 heterocycles. The largest absolute Gasteiger partial charge is 0.488 e. The highest BCUT2D eigenvalue weighted by Gasteiger charge is 2.11. The van der Waals surface area contributed by atoms with Crippen LogP contribution in [-0.2, 0) is 11.4 Å². The summed E-state index contributed by atoms with van der Waals surface area (Å²) in [7, 11) is 0. The standard InChI is InChI=1S/C26H24N2O3/c29-23-10-6-9-22(17-23)27-28-26(30)21-15-13-19(14-16-21)18-31-25-12-5-4-11-24(25)20-7-2-1-3-8-20/h1-5,7-8,11-17,27H,6,9-10,18H2,(H,28,30). The van der Waals surface area contributed by atoms with Crippen LogP contribution in [0.1, 0.15) is 35.2 Å². The highest BCUT2D eigenvalue weighted by atomic mass is 16.5. The van der Waals surface area contributed by atoms with Crippen LogP contribution in [0.5, 0.6) is 5.75 Å². The number of carbonyl (C=O) groups excluding carboxylic acids is 2. The summed E-state index contributed by atoms with van der Waals surface area (Å²) in [5, 5.41) is 0. The average Bonchev–Trinajstić information content (AvgIpc) is 2.82. The van der Waals surface area contributed by atoms with Gasteiger partial charge in [0.1, 0.15) is 12.4 Å². The molecule has 4 rings (SSSR count). The molecule has 0 atom stereocenters. The first-order valence-electron chi connectivity index (χ1n) is 10.3. The number of hydrogen-bond acceptors (Lipinski definition) is 4. The Balaban J connectivity index is 1.35. The third kappa shape index (κ3) is 5.39. The molecule has 31 heavy (non-hydrogen) atoms.